The number of alkyl halides is 2. The summed E-state index contributed by atoms with van der Waals surface area (Å²) in [4.78, 5) is 22.2. The number of rotatable bonds is 5. The quantitative estimate of drug-likeness (QED) is 0.614. The Bertz CT molecular complexity index is 1200. The van der Waals surface area contributed by atoms with E-state index >= 15 is 0 Å². The topological polar surface area (TPSA) is 89.0 Å². The maximum atomic E-state index is 13.4. The average molecular weight is 471 g/mol. The second-order valence-electron chi connectivity index (χ2n) is 9.00. The van der Waals surface area contributed by atoms with Crippen molar-refractivity contribution in [2.24, 2.45) is 5.73 Å². The van der Waals surface area contributed by atoms with Crippen molar-refractivity contribution in [3.8, 4) is 5.75 Å². The molecule has 5 rings (SSSR count). The molecule has 2 aliphatic rings. The molecule has 10 heteroatoms. The van der Waals surface area contributed by atoms with Crippen LogP contribution in [0.15, 0.2) is 36.5 Å². The fourth-order valence-corrected chi connectivity index (χ4v) is 4.96. The molecule has 2 unspecified atom stereocenters. The monoisotopic (exact) mass is 470 g/mol. The second kappa shape index (κ2) is 9.17. The van der Waals surface area contributed by atoms with Gasteiger partial charge in [0.1, 0.15) is 11.6 Å². The van der Waals surface area contributed by atoms with Crippen molar-refractivity contribution in [2.45, 2.75) is 51.3 Å². The molecule has 0 saturated carbocycles. The van der Waals surface area contributed by atoms with E-state index in [0.717, 1.165) is 55.8 Å². The van der Waals surface area contributed by atoms with Gasteiger partial charge in [-0.2, -0.15) is 13.9 Å². The van der Waals surface area contributed by atoms with Gasteiger partial charge in [0.05, 0.1) is 17.3 Å². The van der Waals surface area contributed by atoms with E-state index in [-0.39, 0.29) is 29.3 Å². The highest BCUT2D eigenvalue weighted by Gasteiger charge is 2.32. The number of hydrogen-bond acceptors (Lipinski definition) is 6. The molecule has 0 radical (unpaired) electrons. The SMILES string of the molecule is Cc1cn2nc(C3CCCCN3C(=O)c3ccccc3OC(F)F)cc2nc1N1CCC(N)C1. The number of carbonyl (C=O) groups is 1. The number of aryl methyl sites for hydroxylation is 1. The number of benzene rings is 1. The van der Waals surface area contributed by atoms with Gasteiger partial charge in [0.15, 0.2) is 5.65 Å². The first-order valence-corrected chi connectivity index (χ1v) is 11.6. The zero-order valence-electron chi connectivity index (χ0n) is 19.0. The molecule has 0 spiro atoms. The Kier molecular flexibility index (Phi) is 6.07. The van der Waals surface area contributed by atoms with Crippen molar-refractivity contribution in [3.05, 3.63) is 53.3 Å². The Balaban J connectivity index is 1.46. The van der Waals surface area contributed by atoms with E-state index in [0.29, 0.717) is 12.2 Å². The number of ether oxygens (including phenoxy) is 1. The molecule has 3 aromatic rings. The lowest BCUT2D eigenvalue weighted by molar-refractivity contribution is -0.0503. The molecule has 1 amide bonds. The Hall–Kier alpha value is -3.27. The number of para-hydroxylation sites is 1. The summed E-state index contributed by atoms with van der Waals surface area (Å²) in [6.07, 6.45) is 5.41. The minimum Gasteiger partial charge on any atom is -0.434 e. The lowest BCUT2D eigenvalue weighted by Crippen LogP contribution is -2.39. The van der Waals surface area contributed by atoms with Gasteiger partial charge in [0, 0.05) is 43.5 Å². The molecule has 0 aliphatic carbocycles. The van der Waals surface area contributed by atoms with Crippen LogP contribution in [-0.4, -0.2) is 57.7 Å². The van der Waals surface area contributed by atoms with Crippen molar-refractivity contribution in [3.63, 3.8) is 0 Å². The molecule has 180 valence electrons. The molecule has 0 bridgehead atoms. The molecule has 2 aliphatic heterocycles. The second-order valence-corrected chi connectivity index (χ2v) is 9.00. The molecular formula is C24H28F2N6O2. The van der Waals surface area contributed by atoms with Crippen molar-refractivity contribution < 1.29 is 18.3 Å². The van der Waals surface area contributed by atoms with E-state index in [1.54, 1.807) is 21.5 Å². The van der Waals surface area contributed by atoms with Crippen molar-refractivity contribution in [2.75, 3.05) is 24.5 Å². The summed E-state index contributed by atoms with van der Waals surface area (Å²) in [5.41, 5.74) is 8.65. The third-order valence-corrected chi connectivity index (χ3v) is 6.59. The largest absolute Gasteiger partial charge is 0.434 e. The van der Waals surface area contributed by atoms with Crippen molar-refractivity contribution in [1.29, 1.82) is 0 Å². The van der Waals surface area contributed by atoms with Crippen LogP contribution in [0.5, 0.6) is 5.75 Å². The van der Waals surface area contributed by atoms with E-state index in [4.69, 9.17) is 15.8 Å². The fraction of sp³-hybridized carbons (Fsp3) is 0.458. The number of nitrogens with two attached hydrogens (primary N) is 1. The first kappa shape index (κ1) is 22.5. The van der Waals surface area contributed by atoms with Crippen LogP contribution in [0.2, 0.25) is 0 Å². The number of amides is 1. The minimum atomic E-state index is -3.00. The Labute approximate surface area is 196 Å². The number of anilines is 1. The normalized spacial score (nSPS) is 21.0. The molecule has 2 saturated heterocycles. The van der Waals surface area contributed by atoms with Crippen LogP contribution in [0.1, 0.15) is 53.3 Å². The van der Waals surface area contributed by atoms with Crippen LogP contribution in [0.25, 0.3) is 5.65 Å². The first-order chi connectivity index (χ1) is 16.4. The Morgan fingerprint density at radius 3 is 2.79 bits per heavy atom. The summed E-state index contributed by atoms with van der Waals surface area (Å²) in [7, 11) is 0. The molecule has 2 N–H and O–H groups in total. The summed E-state index contributed by atoms with van der Waals surface area (Å²) in [5.74, 6) is 0.447. The molecule has 2 aromatic heterocycles. The third-order valence-electron chi connectivity index (χ3n) is 6.59. The van der Waals surface area contributed by atoms with Crippen LogP contribution >= 0.6 is 0 Å². The number of fused-ring (bicyclic) bond motifs is 1. The van der Waals surface area contributed by atoms with Gasteiger partial charge in [-0.25, -0.2) is 9.50 Å². The number of halogens is 2. The summed E-state index contributed by atoms with van der Waals surface area (Å²) in [6.45, 7) is 1.17. The zero-order valence-corrected chi connectivity index (χ0v) is 19.0. The van der Waals surface area contributed by atoms with E-state index in [1.165, 1.54) is 12.1 Å². The van der Waals surface area contributed by atoms with Gasteiger partial charge in [-0.1, -0.05) is 12.1 Å². The molecule has 34 heavy (non-hydrogen) atoms. The van der Waals surface area contributed by atoms with Gasteiger partial charge in [0.2, 0.25) is 0 Å². The number of aromatic nitrogens is 3. The minimum absolute atomic E-state index is 0.118. The van der Waals surface area contributed by atoms with Crippen LogP contribution in [0, 0.1) is 6.92 Å². The number of nitrogens with zero attached hydrogens (tertiary/aromatic N) is 5. The van der Waals surface area contributed by atoms with Crippen LogP contribution in [-0.2, 0) is 0 Å². The molecule has 2 atom stereocenters. The van der Waals surface area contributed by atoms with E-state index < -0.39 is 6.61 Å². The summed E-state index contributed by atoms with van der Waals surface area (Å²) >= 11 is 0. The summed E-state index contributed by atoms with van der Waals surface area (Å²) in [6, 6.07) is 7.92. The smallest absolute Gasteiger partial charge is 0.387 e. The van der Waals surface area contributed by atoms with Crippen LogP contribution < -0.4 is 15.4 Å². The van der Waals surface area contributed by atoms with Gasteiger partial charge < -0.3 is 20.3 Å². The molecule has 4 heterocycles. The summed E-state index contributed by atoms with van der Waals surface area (Å²) < 4.78 is 32.1. The van der Waals surface area contributed by atoms with Crippen molar-refractivity contribution >= 4 is 17.4 Å². The molecule has 2 fully saturated rings. The van der Waals surface area contributed by atoms with Gasteiger partial charge in [-0.05, 0) is 44.7 Å². The number of hydrogen-bond donors (Lipinski definition) is 1. The molecular weight excluding hydrogens is 442 g/mol. The Morgan fingerprint density at radius 1 is 1.21 bits per heavy atom. The van der Waals surface area contributed by atoms with Gasteiger partial charge in [-0.3, -0.25) is 4.79 Å². The van der Waals surface area contributed by atoms with Gasteiger partial charge in [-0.15, -0.1) is 0 Å². The average Bonchev–Trinajstić information content (AvgIpc) is 3.43. The zero-order chi connectivity index (χ0) is 23.8. The van der Waals surface area contributed by atoms with E-state index in [9.17, 15) is 13.6 Å². The number of carbonyl (C=O) groups excluding carboxylic acids is 1. The standard InChI is InChI=1S/C24H28F2N6O2/c1-15-13-32-21(28-22(15)30-11-9-16(27)14-30)12-18(29-32)19-7-4-5-10-31(19)23(33)17-6-2-3-8-20(17)34-24(25)26/h2-3,6,8,12-13,16,19,24H,4-5,7,9-11,14,27H2,1H3. The highest BCUT2D eigenvalue weighted by Crippen LogP contribution is 2.34. The summed E-state index contributed by atoms with van der Waals surface area (Å²) in [5, 5.41) is 4.74. The predicted octanol–water partition coefficient (Wildman–Crippen LogP) is 3.54. The predicted molar refractivity (Wildman–Crippen MR) is 123 cm³/mol. The van der Waals surface area contributed by atoms with Gasteiger partial charge in [0.25, 0.3) is 5.91 Å². The molecule has 8 nitrogen and oxygen atoms in total. The van der Waals surface area contributed by atoms with Crippen molar-refractivity contribution in [1.82, 2.24) is 19.5 Å². The van der Waals surface area contributed by atoms with Crippen LogP contribution in [0.4, 0.5) is 14.6 Å². The van der Waals surface area contributed by atoms with E-state index in [2.05, 4.69) is 9.64 Å². The number of likely N-dealkylation sites (tertiary alicyclic amines) is 1. The molecule has 1 aromatic carbocycles. The highest BCUT2D eigenvalue weighted by molar-refractivity contribution is 5.97. The Morgan fingerprint density at radius 2 is 2.03 bits per heavy atom. The third kappa shape index (κ3) is 4.29. The van der Waals surface area contributed by atoms with E-state index in [1.807, 2.05) is 19.2 Å². The fourth-order valence-electron chi connectivity index (χ4n) is 4.96. The van der Waals surface area contributed by atoms with Crippen LogP contribution in [0.3, 0.4) is 0 Å². The van der Waals surface area contributed by atoms with Gasteiger partial charge >= 0.3 is 6.61 Å². The lowest BCUT2D eigenvalue weighted by atomic mass is 9.98. The maximum absolute atomic E-state index is 13.4. The highest BCUT2D eigenvalue weighted by atomic mass is 19.3. The lowest BCUT2D eigenvalue weighted by Gasteiger charge is -2.35. The first-order valence-electron chi connectivity index (χ1n) is 11.6. The number of piperidine rings is 1. The maximum Gasteiger partial charge on any atom is 0.387 e.